The Morgan fingerprint density at radius 1 is 0.939 bits per heavy atom. The van der Waals surface area contributed by atoms with Gasteiger partial charge in [-0.1, -0.05) is 29.3 Å². The summed E-state index contributed by atoms with van der Waals surface area (Å²) in [6, 6.07) is 19.1. The molecule has 3 aromatic carbocycles. The van der Waals surface area contributed by atoms with Crippen LogP contribution in [0.15, 0.2) is 71.8 Å². The summed E-state index contributed by atoms with van der Waals surface area (Å²) in [5, 5.41) is 7.62. The number of carbonyl (C=O) groups excluding carboxylic acids is 2. The fraction of sp³-hybridized carbons (Fsp3) is 0.125. The summed E-state index contributed by atoms with van der Waals surface area (Å²) in [5.41, 5.74) is 4.47. The van der Waals surface area contributed by atoms with Crippen molar-refractivity contribution in [3.05, 3.63) is 87.9 Å². The molecule has 0 aliphatic heterocycles. The molecule has 0 aliphatic rings. The number of halogens is 2. The summed E-state index contributed by atoms with van der Waals surface area (Å²) >= 11 is 12.0. The average molecular weight is 486 g/mol. The largest absolute Gasteiger partial charge is 0.497 e. The molecule has 7 nitrogen and oxygen atoms in total. The van der Waals surface area contributed by atoms with Gasteiger partial charge in [-0.25, -0.2) is 5.43 Å². The normalized spacial score (nSPS) is 10.6. The highest BCUT2D eigenvalue weighted by atomic mass is 35.5. The Morgan fingerprint density at radius 3 is 2.30 bits per heavy atom. The Hall–Kier alpha value is -3.55. The molecule has 0 bridgehead atoms. The van der Waals surface area contributed by atoms with Crippen LogP contribution in [-0.4, -0.2) is 25.1 Å². The zero-order valence-corrected chi connectivity index (χ0v) is 19.2. The molecule has 0 saturated heterocycles. The number of hydrogen-bond acceptors (Lipinski definition) is 5. The van der Waals surface area contributed by atoms with Gasteiger partial charge in [0.15, 0.2) is 0 Å². The first-order valence-electron chi connectivity index (χ1n) is 9.85. The number of hydrogen-bond donors (Lipinski definition) is 2. The van der Waals surface area contributed by atoms with E-state index in [1.807, 2.05) is 6.07 Å². The van der Waals surface area contributed by atoms with E-state index in [0.29, 0.717) is 33.8 Å². The van der Waals surface area contributed by atoms with Crippen LogP contribution in [0.4, 0.5) is 5.69 Å². The molecule has 170 valence electrons. The number of hydrazone groups is 1. The van der Waals surface area contributed by atoms with Gasteiger partial charge in [0.25, 0.3) is 0 Å². The fourth-order valence-electron chi connectivity index (χ4n) is 2.69. The highest BCUT2D eigenvalue weighted by Gasteiger charge is 2.09. The zero-order valence-electron chi connectivity index (χ0n) is 17.7. The third-order valence-electron chi connectivity index (χ3n) is 4.39. The SMILES string of the molecule is COc1ccc(NC(=O)CC(=O)NN=Cc2ccc(OCc3ccc(Cl)cc3Cl)cc2)cc1. The second kappa shape index (κ2) is 11.9. The first-order valence-corrected chi connectivity index (χ1v) is 10.6. The van der Waals surface area contributed by atoms with Gasteiger partial charge in [-0.15, -0.1) is 0 Å². The minimum atomic E-state index is -0.531. The van der Waals surface area contributed by atoms with E-state index < -0.39 is 11.8 Å². The number of ether oxygens (including phenoxy) is 2. The number of nitrogens with one attached hydrogen (secondary N) is 2. The molecule has 0 unspecified atom stereocenters. The van der Waals surface area contributed by atoms with Gasteiger partial charge in [-0.2, -0.15) is 5.10 Å². The van der Waals surface area contributed by atoms with Crippen molar-refractivity contribution < 1.29 is 19.1 Å². The van der Waals surface area contributed by atoms with Gasteiger partial charge in [0.05, 0.1) is 13.3 Å². The molecule has 0 spiro atoms. The second-order valence-corrected chi connectivity index (χ2v) is 7.68. The molecule has 33 heavy (non-hydrogen) atoms. The van der Waals surface area contributed by atoms with Gasteiger partial charge < -0.3 is 14.8 Å². The Morgan fingerprint density at radius 2 is 1.64 bits per heavy atom. The lowest BCUT2D eigenvalue weighted by atomic mass is 10.2. The van der Waals surface area contributed by atoms with Gasteiger partial charge in [-0.3, -0.25) is 9.59 Å². The van der Waals surface area contributed by atoms with Crippen molar-refractivity contribution in [3.8, 4) is 11.5 Å². The van der Waals surface area contributed by atoms with Crippen molar-refractivity contribution >= 4 is 46.9 Å². The Labute approximate surface area is 201 Å². The van der Waals surface area contributed by atoms with Crippen molar-refractivity contribution in [1.29, 1.82) is 0 Å². The van der Waals surface area contributed by atoms with Crippen molar-refractivity contribution in [2.75, 3.05) is 12.4 Å². The van der Waals surface area contributed by atoms with Crippen molar-refractivity contribution in [2.24, 2.45) is 5.10 Å². The van der Waals surface area contributed by atoms with Gasteiger partial charge in [0.1, 0.15) is 24.5 Å². The molecule has 0 atom stereocenters. The Kier molecular flexibility index (Phi) is 8.69. The summed E-state index contributed by atoms with van der Waals surface area (Å²) in [6.07, 6.45) is 1.11. The molecule has 2 amide bonds. The average Bonchev–Trinajstić information content (AvgIpc) is 2.80. The smallest absolute Gasteiger partial charge is 0.249 e. The molecule has 0 heterocycles. The van der Waals surface area contributed by atoms with E-state index in [1.54, 1.807) is 67.8 Å². The summed E-state index contributed by atoms with van der Waals surface area (Å²) < 4.78 is 10.8. The van der Waals surface area contributed by atoms with Crippen LogP contribution in [0.3, 0.4) is 0 Å². The standard InChI is InChI=1S/C24H21Cl2N3O4/c1-32-20-10-6-19(7-11-20)28-23(30)13-24(31)29-27-14-16-2-8-21(9-3-16)33-15-17-4-5-18(25)12-22(17)26/h2-12,14H,13,15H2,1H3,(H,28,30)(H,29,31). The molecule has 0 aromatic heterocycles. The van der Waals surface area contributed by atoms with Crippen LogP contribution >= 0.6 is 23.2 Å². The van der Waals surface area contributed by atoms with Crippen LogP contribution < -0.4 is 20.2 Å². The number of rotatable bonds is 9. The third kappa shape index (κ3) is 7.82. The number of nitrogens with zero attached hydrogens (tertiary/aromatic N) is 1. The van der Waals surface area contributed by atoms with E-state index in [4.69, 9.17) is 32.7 Å². The Balaban J connectivity index is 1.42. The lowest BCUT2D eigenvalue weighted by Gasteiger charge is -2.08. The highest BCUT2D eigenvalue weighted by molar-refractivity contribution is 6.35. The summed E-state index contributed by atoms with van der Waals surface area (Å²) in [6.45, 7) is 0.304. The monoisotopic (exact) mass is 485 g/mol. The van der Waals surface area contributed by atoms with E-state index in [9.17, 15) is 9.59 Å². The maximum Gasteiger partial charge on any atom is 0.249 e. The molecule has 0 saturated carbocycles. The number of carbonyl (C=O) groups is 2. The van der Waals surface area contributed by atoms with E-state index >= 15 is 0 Å². The predicted octanol–water partition coefficient (Wildman–Crippen LogP) is 5.06. The molecule has 3 rings (SSSR count). The van der Waals surface area contributed by atoms with Crippen LogP contribution in [-0.2, 0) is 16.2 Å². The minimum Gasteiger partial charge on any atom is -0.497 e. The molecule has 3 aromatic rings. The van der Waals surface area contributed by atoms with Crippen molar-refractivity contribution in [2.45, 2.75) is 13.0 Å². The van der Waals surface area contributed by atoms with E-state index in [2.05, 4.69) is 15.8 Å². The first kappa shape index (κ1) is 24.1. The molecule has 9 heteroatoms. The molecule has 0 radical (unpaired) electrons. The maximum absolute atomic E-state index is 12.0. The van der Waals surface area contributed by atoms with Gasteiger partial charge in [0.2, 0.25) is 11.8 Å². The summed E-state index contributed by atoms with van der Waals surface area (Å²) in [4.78, 5) is 23.9. The van der Waals surface area contributed by atoms with E-state index in [0.717, 1.165) is 11.1 Å². The van der Waals surface area contributed by atoms with Crippen molar-refractivity contribution in [1.82, 2.24) is 5.43 Å². The van der Waals surface area contributed by atoms with Gasteiger partial charge in [-0.05, 0) is 66.2 Å². The lowest BCUT2D eigenvalue weighted by Crippen LogP contribution is -2.24. The van der Waals surface area contributed by atoms with Crippen LogP contribution in [0.1, 0.15) is 17.5 Å². The van der Waals surface area contributed by atoms with Crippen LogP contribution in [0, 0.1) is 0 Å². The highest BCUT2D eigenvalue weighted by Crippen LogP contribution is 2.23. The lowest BCUT2D eigenvalue weighted by molar-refractivity contribution is -0.126. The first-order chi connectivity index (χ1) is 15.9. The second-order valence-electron chi connectivity index (χ2n) is 6.84. The minimum absolute atomic E-state index is 0.304. The molecule has 2 N–H and O–H groups in total. The van der Waals surface area contributed by atoms with Crippen LogP contribution in [0.25, 0.3) is 0 Å². The summed E-state index contributed by atoms with van der Waals surface area (Å²) in [5.74, 6) is 0.343. The van der Waals surface area contributed by atoms with Crippen LogP contribution in [0.2, 0.25) is 10.0 Å². The third-order valence-corrected chi connectivity index (χ3v) is 4.97. The number of amides is 2. The fourth-order valence-corrected chi connectivity index (χ4v) is 3.16. The molecule has 0 aliphatic carbocycles. The number of methoxy groups -OCH3 is 1. The van der Waals surface area contributed by atoms with Gasteiger partial charge >= 0.3 is 0 Å². The van der Waals surface area contributed by atoms with E-state index in [1.165, 1.54) is 6.21 Å². The quantitative estimate of drug-likeness (QED) is 0.251. The number of benzene rings is 3. The molecule has 0 fully saturated rings. The predicted molar refractivity (Wildman–Crippen MR) is 129 cm³/mol. The Bertz CT molecular complexity index is 1130. The molecular formula is C24H21Cl2N3O4. The number of anilines is 1. The maximum atomic E-state index is 12.0. The van der Waals surface area contributed by atoms with Crippen molar-refractivity contribution in [3.63, 3.8) is 0 Å². The topological polar surface area (TPSA) is 89.0 Å². The van der Waals surface area contributed by atoms with E-state index in [-0.39, 0.29) is 6.42 Å². The van der Waals surface area contributed by atoms with Crippen LogP contribution in [0.5, 0.6) is 11.5 Å². The molecular weight excluding hydrogens is 465 g/mol. The summed E-state index contributed by atoms with van der Waals surface area (Å²) in [7, 11) is 1.56. The zero-order chi connectivity index (χ0) is 23.6. The van der Waals surface area contributed by atoms with Gasteiger partial charge in [0, 0.05) is 21.3 Å².